The number of carbonyl (C=O) groups is 2. The van der Waals surface area contributed by atoms with E-state index in [9.17, 15) is 19.8 Å². The Morgan fingerprint density at radius 1 is 0.925 bits per heavy atom. The number of para-hydroxylation sites is 1. The molecule has 2 aromatic rings. The predicted molar refractivity (Wildman–Crippen MR) is 160 cm³/mol. The van der Waals surface area contributed by atoms with Crippen molar-refractivity contribution >= 4 is 23.3 Å². The molecule has 1 aliphatic carbocycles. The van der Waals surface area contributed by atoms with Crippen LogP contribution in [0.4, 0.5) is 5.69 Å². The number of hydrogen-bond acceptors (Lipinski definition) is 5. The van der Waals surface area contributed by atoms with Gasteiger partial charge < -0.3 is 20.4 Å². The Balaban J connectivity index is 1.85. The van der Waals surface area contributed by atoms with Gasteiger partial charge in [-0.1, -0.05) is 103 Å². The van der Waals surface area contributed by atoms with Gasteiger partial charge in [0.05, 0.1) is 11.3 Å². The highest BCUT2D eigenvalue weighted by Gasteiger charge is 2.37. The molecule has 2 aromatic carbocycles. The van der Waals surface area contributed by atoms with E-state index in [4.69, 9.17) is 4.84 Å². The number of carboxylic acid groups (broad SMARTS) is 1. The zero-order valence-electron chi connectivity index (χ0n) is 24.8. The second kappa shape index (κ2) is 13.9. The summed E-state index contributed by atoms with van der Waals surface area (Å²) in [6, 6.07) is 12.1. The van der Waals surface area contributed by atoms with E-state index in [1.807, 2.05) is 12.1 Å². The van der Waals surface area contributed by atoms with Gasteiger partial charge in [-0.2, -0.15) is 0 Å². The molecule has 1 amide bonds. The van der Waals surface area contributed by atoms with Crippen LogP contribution in [0.1, 0.15) is 126 Å². The third kappa shape index (κ3) is 8.17. The maximum atomic E-state index is 13.5. The van der Waals surface area contributed by atoms with Crippen molar-refractivity contribution in [2.45, 2.75) is 116 Å². The summed E-state index contributed by atoms with van der Waals surface area (Å²) < 4.78 is 0. The smallest absolute Gasteiger partial charge is 0.337 e. The van der Waals surface area contributed by atoms with E-state index in [0.29, 0.717) is 12.0 Å². The highest BCUT2D eigenvalue weighted by atomic mass is 16.7. The van der Waals surface area contributed by atoms with Crippen molar-refractivity contribution in [3.8, 4) is 0 Å². The first-order chi connectivity index (χ1) is 19.0. The van der Waals surface area contributed by atoms with Gasteiger partial charge in [0.25, 0.3) is 5.91 Å². The summed E-state index contributed by atoms with van der Waals surface area (Å²) >= 11 is 0. The number of nitrogens with one attached hydrogen (secondary N) is 1. The minimum absolute atomic E-state index is 0.00656. The second-order valence-electron chi connectivity index (χ2n) is 12.2. The molecule has 0 aliphatic heterocycles. The number of aromatic carboxylic acids is 1. The maximum Gasteiger partial charge on any atom is 0.337 e. The molecule has 0 radical (unpaired) electrons. The van der Waals surface area contributed by atoms with Crippen LogP contribution >= 0.6 is 0 Å². The van der Waals surface area contributed by atoms with Gasteiger partial charge in [-0.05, 0) is 59.4 Å². The molecular weight excluding hydrogens is 504 g/mol. The summed E-state index contributed by atoms with van der Waals surface area (Å²) in [5, 5.41) is 26.9. The van der Waals surface area contributed by atoms with Crippen LogP contribution in [0.15, 0.2) is 47.6 Å². The molecule has 1 unspecified atom stereocenters. The molecule has 0 saturated heterocycles. The number of rotatable bonds is 14. The summed E-state index contributed by atoms with van der Waals surface area (Å²) in [7, 11) is 0. The lowest BCUT2D eigenvalue weighted by molar-refractivity contribution is -0.113. The molecule has 0 heterocycles. The van der Waals surface area contributed by atoms with E-state index in [-0.39, 0.29) is 27.8 Å². The van der Waals surface area contributed by atoms with Gasteiger partial charge in [0.2, 0.25) is 6.29 Å². The molecular formula is C33H46N2O5. The maximum absolute atomic E-state index is 13.5. The molecule has 0 aromatic heterocycles. The lowest BCUT2D eigenvalue weighted by atomic mass is 9.63. The van der Waals surface area contributed by atoms with Crippen molar-refractivity contribution in [1.82, 2.24) is 0 Å². The Bertz CT molecular complexity index is 1200. The number of nitrogens with zero attached hydrogens (tertiary/aromatic N) is 1. The van der Waals surface area contributed by atoms with Crippen LogP contribution < -0.4 is 5.32 Å². The van der Waals surface area contributed by atoms with E-state index >= 15 is 0 Å². The zero-order chi connectivity index (χ0) is 29.3. The molecule has 0 saturated carbocycles. The number of aliphatic hydroxyl groups excluding tert-OH is 1. The van der Waals surface area contributed by atoms with Gasteiger partial charge in [0.15, 0.2) is 5.71 Å². The molecule has 7 nitrogen and oxygen atoms in total. The monoisotopic (exact) mass is 550 g/mol. The first kappa shape index (κ1) is 31.3. The molecule has 1 aliphatic rings. The second-order valence-corrected chi connectivity index (χ2v) is 12.2. The van der Waals surface area contributed by atoms with Gasteiger partial charge in [0.1, 0.15) is 0 Å². The quantitative estimate of drug-likeness (QED) is 0.0974. The standard InChI is InChI=1S/C33H46N2O5/c1-6-7-8-9-10-11-12-17-28(36)40-35-29(30(37)34-27-16-14-13-15-24(27)31(38)39)23-18-19-25-26(22-23)33(4,5)21-20-32(25,2)3/h13-16,18-19,22,28,36H,6-12,17,20-21H2,1-5H3,(H,34,37)(H,38,39). The largest absolute Gasteiger partial charge is 0.478 e. The molecule has 0 fully saturated rings. The summed E-state index contributed by atoms with van der Waals surface area (Å²) in [5.74, 6) is -1.75. The third-order valence-electron chi connectivity index (χ3n) is 8.07. The number of unbranched alkanes of at least 4 members (excludes halogenated alkanes) is 6. The fourth-order valence-corrected chi connectivity index (χ4v) is 5.36. The third-order valence-corrected chi connectivity index (χ3v) is 8.07. The molecule has 0 spiro atoms. The number of aliphatic hydroxyl groups is 1. The molecule has 3 rings (SSSR count). The normalized spacial score (nSPS) is 16.6. The zero-order valence-corrected chi connectivity index (χ0v) is 24.8. The van der Waals surface area contributed by atoms with Gasteiger partial charge >= 0.3 is 5.97 Å². The minimum Gasteiger partial charge on any atom is -0.478 e. The first-order valence-electron chi connectivity index (χ1n) is 14.7. The van der Waals surface area contributed by atoms with Gasteiger partial charge in [-0.25, -0.2) is 4.79 Å². The Morgan fingerprint density at radius 2 is 1.55 bits per heavy atom. The molecule has 40 heavy (non-hydrogen) atoms. The highest BCUT2D eigenvalue weighted by Crippen LogP contribution is 2.46. The average molecular weight is 551 g/mol. The topological polar surface area (TPSA) is 108 Å². The van der Waals surface area contributed by atoms with Crippen LogP contribution in [0.2, 0.25) is 0 Å². The molecule has 3 N–H and O–H groups in total. The number of anilines is 1. The summed E-state index contributed by atoms with van der Waals surface area (Å²) in [6.45, 7) is 11.1. The lowest BCUT2D eigenvalue weighted by Gasteiger charge is -2.42. The van der Waals surface area contributed by atoms with Crippen LogP contribution in [-0.2, 0) is 20.5 Å². The van der Waals surface area contributed by atoms with E-state index < -0.39 is 18.2 Å². The van der Waals surface area contributed by atoms with E-state index in [0.717, 1.165) is 37.7 Å². The van der Waals surface area contributed by atoms with Crippen molar-refractivity contribution in [1.29, 1.82) is 0 Å². The Morgan fingerprint density at radius 3 is 2.23 bits per heavy atom. The summed E-state index contributed by atoms with van der Waals surface area (Å²) in [5.41, 5.74) is 2.99. The van der Waals surface area contributed by atoms with Crippen molar-refractivity contribution in [2.24, 2.45) is 5.16 Å². The fourth-order valence-electron chi connectivity index (χ4n) is 5.36. The lowest BCUT2D eigenvalue weighted by Crippen LogP contribution is -2.34. The number of hydrogen-bond donors (Lipinski definition) is 3. The Hall–Kier alpha value is -3.19. The van der Waals surface area contributed by atoms with Crippen molar-refractivity contribution < 1.29 is 24.6 Å². The predicted octanol–water partition coefficient (Wildman–Crippen LogP) is 7.55. The number of amides is 1. The van der Waals surface area contributed by atoms with Crippen LogP contribution in [0, 0.1) is 0 Å². The van der Waals surface area contributed by atoms with Crippen LogP contribution in [0.25, 0.3) is 0 Å². The molecule has 7 heteroatoms. The van der Waals surface area contributed by atoms with E-state index in [2.05, 4.69) is 51.2 Å². The van der Waals surface area contributed by atoms with Crippen LogP contribution in [-0.4, -0.2) is 34.1 Å². The van der Waals surface area contributed by atoms with E-state index in [1.54, 1.807) is 12.1 Å². The Labute approximate surface area is 239 Å². The number of carboxylic acids is 1. The van der Waals surface area contributed by atoms with Gasteiger partial charge in [-0.15, -0.1) is 0 Å². The highest BCUT2D eigenvalue weighted by molar-refractivity contribution is 6.49. The van der Waals surface area contributed by atoms with E-state index in [1.165, 1.54) is 43.4 Å². The average Bonchev–Trinajstić information content (AvgIpc) is 2.91. The van der Waals surface area contributed by atoms with Crippen LogP contribution in [0.3, 0.4) is 0 Å². The fraction of sp³-hybridized carbons (Fsp3) is 0.545. The SMILES string of the molecule is CCCCCCCCCC(O)ON=C(C(=O)Nc1ccccc1C(=O)O)c1ccc2c(c1)C(C)(C)CCC2(C)C. The Kier molecular flexibility index (Phi) is 10.9. The van der Waals surface area contributed by atoms with Crippen LogP contribution in [0.5, 0.6) is 0 Å². The van der Waals surface area contributed by atoms with Gasteiger partial charge in [0, 0.05) is 12.0 Å². The summed E-state index contributed by atoms with van der Waals surface area (Å²) in [4.78, 5) is 30.7. The van der Waals surface area contributed by atoms with Crippen molar-refractivity contribution in [2.75, 3.05) is 5.32 Å². The van der Waals surface area contributed by atoms with Crippen molar-refractivity contribution in [3.05, 3.63) is 64.7 Å². The number of benzene rings is 2. The molecule has 218 valence electrons. The van der Waals surface area contributed by atoms with Crippen molar-refractivity contribution in [3.63, 3.8) is 0 Å². The minimum atomic E-state index is -1.14. The molecule has 0 bridgehead atoms. The summed E-state index contributed by atoms with van der Waals surface area (Å²) in [6.07, 6.45) is 9.16. The number of fused-ring (bicyclic) bond motifs is 1. The first-order valence-corrected chi connectivity index (χ1v) is 14.7. The number of oxime groups is 1. The molecule has 1 atom stereocenters. The van der Waals surface area contributed by atoms with Gasteiger partial charge in [-0.3, -0.25) is 4.79 Å². The number of carbonyl (C=O) groups excluding carboxylic acids is 1.